The summed E-state index contributed by atoms with van der Waals surface area (Å²) in [4.78, 5) is 25.1. The molecule has 4 aromatic rings. The van der Waals surface area contributed by atoms with E-state index in [1.54, 1.807) is 30.5 Å². The van der Waals surface area contributed by atoms with Gasteiger partial charge in [0.15, 0.2) is 5.13 Å². The van der Waals surface area contributed by atoms with Crippen molar-refractivity contribution in [2.24, 2.45) is 0 Å². The van der Waals surface area contributed by atoms with Crippen LogP contribution >= 0.6 is 11.3 Å². The van der Waals surface area contributed by atoms with Gasteiger partial charge in [0.25, 0.3) is 5.91 Å². The van der Waals surface area contributed by atoms with Crippen LogP contribution in [0.1, 0.15) is 15.9 Å². The minimum Gasteiger partial charge on any atom is -0.337 e. The van der Waals surface area contributed by atoms with Crippen molar-refractivity contribution in [1.82, 2.24) is 15.0 Å². The number of carbonyl (C=O) groups is 1. The van der Waals surface area contributed by atoms with E-state index in [9.17, 15) is 4.79 Å². The molecule has 0 fully saturated rings. The van der Waals surface area contributed by atoms with Crippen molar-refractivity contribution >= 4 is 33.4 Å². The fraction of sp³-hybridized carbons (Fsp3) is 0. The van der Waals surface area contributed by atoms with Crippen LogP contribution in [0.4, 0.5) is 5.13 Å². The summed E-state index contributed by atoms with van der Waals surface area (Å²) in [5, 5.41) is 12.1. The summed E-state index contributed by atoms with van der Waals surface area (Å²) in [6, 6.07) is 16.3. The Hall–Kier alpha value is -3.50. The molecule has 0 unspecified atom stereocenters. The number of nitriles is 1. The first-order chi connectivity index (χ1) is 12.2. The second-order valence-electron chi connectivity index (χ2n) is 5.28. The molecule has 1 amide bonds. The number of hydrogen-bond donors (Lipinski definition) is 2. The largest absolute Gasteiger partial charge is 0.337 e. The first-order valence-corrected chi connectivity index (χ1v) is 8.27. The minimum absolute atomic E-state index is 0.303. The highest BCUT2D eigenvalue weighted by Crippen LogP contribution is 2.28. The number of carbonyl (C=O) groups excluding carboxylic acids is 1. The van der Waals surface area contributed by atoms with Crippen molar-refractivity contribution in [1.29, 1.82) is 5.26 Å². The van der Waals surface area contributed by atoms with Crippen molar-refractivity contribution in [3.63, 3.8) is 0 Å². The Kier molecular flexibility index (Phi) is 3.72. The molecule has 2 heterocycles. The maximum Gasteiger partial charge on any atom is 0.257 e. The highest BCUT2D eigenvalue weighted by atomic mass is 32.1. The summed E-state index contributed by atoms with van der Waals surface area (Å²) >= 11 is 1.33. The Morgan fingerprint density at radius 3 is 2.92 bits per heavy atom. The van der Waals surface area contributed by atoms with E-state index in [-0.39, 0.29) is 5.91 Å². The summed E-state index contributed by atoms with van der Waals surface area (Å²) in [5.74, 6) is 0.410. The van der Waals surface area contributed by atoms with Gasteiger partial charge in [-0.15, -0.1) is 0 Å². The van der Waals surface area contributed by atoms with Crippen LogP contribution in [0.25, 0.3) is 21.7 Å². The second kappa shape index (κ2) is 6.19. The molecule has 0 atom stereocenters. The van der Waals surface area contributed by atoms with Gasteiger partial charge in [0.2, 0.25) is 0 Å². The number of hydrogen-bond acceptors (Lipinski definition) is 5. The van der Waals surface area contributed by atoms with Crippen molar-refractivity contribution in [3.8, 4) is 16.8 Å². The maximum absolute atomic E-state index is 12.3. The fourth-order valence-corrected chi connectivity index (χ4v) is 3.17. The predicted octanol–water partition coefficient (Wildman–Crippen LogP) is 3.81. The molecule has 120 valence electrons. The molecular formula is C18H11N5OS. The Morgan fingerprint density at radius 1 is 1.20 bits per heavy atom. The number of H-pyrrole nitrogens is 1. The molecule has 2 N–H and O–H groups in total. The molecular weight excluding hydrogens is 334 g/mol. The third kappa shape index (κ3) is 2.98. The number of anilines is 1. The molecule has 0 radical (unpaired) electrons. The van der Waals surface area contributed by atoms with Crippen LogP contribution in [0.5, 0.6) is 0 Å². The van der Waals surface area contributed by atoms with Crippen molar-refractivity contribution < 1.29 is 4.79 Å². The van der Waals surface area contributed by atoms with Crippen molar-refractivity contribution in [2.45, 2.75) is 0 Å². The minimum atomic E-state index is -0.303. The molecule has 0 aliphatic rings. The SMILES string of the molecule is N#Cc1cccc(C(=O)Nc2ncc(-c3nc4ccccc4[nH]3)s2)c1. The molecule has 7 heteroatoms. The van der Waals surface area contributed by atoms with Crippen LogP contribution in [0.2, 0.25) is 0 Å². The Morgan fingerprint density at radius 2 is 2.08 bits per heavy atom. The number of aromatic nitrogens is 3. The summed E-state index contributed by atoms with van der Waals surface area (Å²) in [5.41, 5.74) is 2.68. The summed E-state index contributed by atoms with van der Waals surface area (Å²) in [6.45, 7) is 0. The average Bonchev–Trinajstić information content (AvgIpc) is 3.28. The van der Waals surface area contributed by atoms with E-state index in [1.807, 2.05) is 30.3 Å². The average molecular weight is 345 g/mol. The normalized spacial score (nSPS) is 10.5. The first-order valence-electron chi connectivity index (χ1n) is 7.45. The Bertz CT molecular complexity index is 1090. The van der Waals surface area contributed by atoms with E-state index in [4.69, 9.17) is 5.26 Å². The highest BCUT2D eigenvalue weighted by Gasteiger charge is 2.12. The maximum atomic E-state index is 12.3. The van der Waals surface area contributed by atoms with Gasteiger partial charge in [-0.05, 0) is 30.3 Å². The molecule has 0 bridgehead atoms. The van der Waals surface area contributed by atoms with E-state index in [0.717, 1.165) is 15.9 Å². The zero-order valence-electron chi connectivity index (χ0n) is 12.9. The lowest BCUT2D eigenvalue weighted by atomic mass is 10.1. The lowest BCUT2D eigenvalue weighted by Gasteiger charge is -2.01. The standard InChI is InChI=1S/C18H11N5OS/c19-9-11-4-3-5-12(8-11)17(24)23-18-20-10-15(25-18)16-21-13-6-1-2-7-14(13)22-16/h1-8,10H,(H,21,22)(H,20,23,24). The van der Waals surface area contributed by atoms with E-state index in [1.165, 1.54) is 11.3 Å². The molecule has 0 saturated carbocycles. The number of benzene rings is 2. The molecule has 0 aliphatic heterocycles. The number of fused-ring (bicyclic) bond motifs is 1. The van der Waals surface area contributed by atoms with E-state index >= 15 is 0 Å². The number of nitrogens with one attached hydrogen (secondary N) is 2. The van der Waals surface area contributed by atoms with E-state index in [2.05, 4.69) is 20.3 Å². The molecule has 0 aliphatic carbocycles. The lowest BCUT2D eigenvalue weighted by molar-refractivity contribution is 0.102. The smallest absolute Gasteiger partial charge is 0.257 e. The van der Waals surface area contributed by atoms with Gasteiger partial charge in [0.1, 0.15) is 5.82 Å². The van der Waals surface area contributed by atoms with E-state index in [0.29, 0.717) is 22.1 Å². The molecule has 0 spiro atoms. The van der Waals surface area contributed by atoms with Gasteiger partial charge in [-0.1, -0.05) is 29.5 Å². The van der Waals surface area contributed by atoms with Gasteiger partial charge in [0, 0.05) is 5.56 Å². The van der Waals surface area contributed by atoms with Crippen LogP contribution in [0.3, 0.4) is 0 Å². The summed E-state index contributed by atoms with van der Waals surface area (Å²) in [7, 11) is 0. The molecule has 0 saturated heterocycles. The molecule has 25 heavy (non-hydrogen) atoms. The third-order valence-corrected chi connectivity index (χ3v) is 4.52. The topological polar surface area (TPSA) is 94.5 Å². The number of nitrogens with zero attached hydrogens (tertiary/aromatic N) is 3. The number of imidazole rings is 1. The van der Waals surface area contributed by atoms with Gasteiger partial charge in [0.05, 0.1) is 33.7 Å². The molecule has 6 nitrogen and oxygen atoms in total. The van der Waals surface area contributed by atoms with Crippen molar-refractivity contribution in [2.75, 3.05) is 5.32 Å². The monoisotopic (exact) mass is 345 g/mol. The predicted molar refractivity (Wildman–Crippen MR) is 96.3 cm³/mol. The molecule has 2 aromatic carbocycles. The van der Waals surface area contributed by atoms with Crippen LogP contribution < -0.4 is 5.32 Å². The van der Waals surface area contributed by atoms with Crippen LogP contribution in [-0.4, -0.2) is 20.9 Å². The number of rotatable bonds is 3. The van der Waals surface area contributed by atoms with Crippen LogP contribution in [-0.2, 0) is 0 Å². The highest BCUT2D eigenvalue weighted by molar-refractivity contribution is 7.19. The third-order valence-electron chi connectivity index (χ3n) is 3.60. The van der Waals surface area contributed by atoms with Crippen molar-refractivity contribution in [3.05, 3.63) is 65.9 Å². The molecule has 2 aromatic heterocycles. The van der Waals surface area contributed by atoms with Crippen LogP contribution in [0, 0.1) is 11.3 Å². The summed E-state index contributed by atoms with van der Waals surface area (Å²) < 4.78 is 0. The zero-order chi connectivity index (χ0) is 17.2. The second-order valence-corrected chi connectivity index (χ2v) is 6.31. The van der Waals surface area contributed by atoms with Gasteiger partial charge in [-0.2, -0.15) is 5.26 Å². The number of aromatic amines is 1. The van der Waals surface area contributed by atoms with Gasteiger partial charge < -0.3 is 4.98 Å². The number of amides is 1. The fourth-order valence-electron chi connectivity index (χ4n) is 2.41. The quantitative estimate of drug-likeness (QED) is 0.590. The first kappa shape index (κ1) is 15.1. The lowest BCUT2D eigenvalue weighted by Crippen LogP contribution is -2.11. The zero-order valence-corrected chi connectivity index (χ0v) is 13.7. The molecule has 4 rings (SSSR count). The van der Waals surface area contributed by atoms with Crippen LogP contribution in [0.15, 0.2) is 54.7 Å². The number of para-hydroxylation sites is 2. The van der Waals surface area contributed by atoms with E-state index < -0.39 is 0 Å². The summed E-state index contributed by atoms with van der Waals surface area (Å²) in [6.07, 6.45) is 1.67. The Balaban J connectivity index is 1.56. The Labute approximate surface area is 146 Å². The van der Waals surface area contributed by atoms with Gasteiger partial charge in [-0.25, -0.2) is 9.97 Å². The van der Waals surface area contributed by atoms with Gasteiger partial charge >= 0.3 is 0 Å². The number of thiazole rings is 1. The van der Waals surface area contributed by atoms with Gasteiger partial charge in [-0.3, -0.25) is 10.1 Å².